The SMILES string of the molecule is CC1=NO[C@H](CNC(=O)CNC(=O)c2ccc(C(C)(C)C)cc2)C1. The van der Waals surface area contributed by atoms with Gasteiger partial charge in [0.05, 0.1) is 18.8 Å². The molecule has 2 amide bonds. The molecule has 0 unspecified atom stereocenters. The smallest absolute Gasteiger partial charge is 0.251 e. The molecule has 0 aromatic heterocycles. The minimum atomic E-state index is -0.262. The van der Waals surface area contributed by atoms with Crippen LogP contribution >= 0.6 is 0 Å². The zero-order valence-electron chi connectivity index (χ0n) is 14.7. The summed E-state index contributed by atoms with van der Waals surface area (Å²) >= 11 is 0. The number of oxime groups is 1. The highest BCUT2D eigenvalue weighted by Crippen LogP contribution is 2.22. The molecular weight excluding hydrogens is 306 g/mol. The van der Waals surface area contributed by atoms with Crippen LogP contribution in [0, 0.1) is 0 Å². The molecule has 0 bridgehead atoms. The summed E-state index contributed by atoms with van der Waals surface area (Å²) in [5, 5.41) is 9.18. The van der Waals surface area contributed by atoms with Crippen molar-refractivity contribution in [1.82, 2.24) is 10.6 Å². The molecule has 1 aliphatic heterocycles. The minimum Gasteiger partial charge on any atom is -0.390 e. The van der Waals surface area contributed by atoms with Crippen LogP contribution in [0.15, 0.2) is 29.4 Å². The molecule has 6 heteroatoms. The zero-order chi connectivity index (χ0) is 17.7. The van der Waals surface area contributed by atoms with Crippen molar-refractivity contribution in [3.8, 4) is 0 Å². The van der Waals surface area contributed by atoms with Crippen LogP contribution in [0.4, 0.5) is 0 Å². The fourth-order valence-electron chi connectivity index (χ4n) is 2.35. The summed E-state index contributed by atoms with van der Waals surface area (Å²) < 4.78 is 0. The van der Waals surface area contributed by atoms with Gasteiger partial charge in [-0.15, -0.1) is 0 Å². The Morgan fingerprint density at radius 3 is 2.42 bits per heavy atom. The van der Waals surface area contributed by atoms with E-state index in [0.29, 0.717) is 18.5 Å². The Labute approximate surface area is 142 Å². The molecule has 1 atom stereocenters. The van der Waals surface area contributed by atoms with Crippen LogP contribution in [0.25, 0.3) is 0 Å². The van der Waals surface area contributed by atoms with Crippen LogP contribution in [0.5, 0.6) is 0 Å². The number of carbonyl (C=O) groups excluding carboxylic acids is 2. The van der Waals surface area contributed by atoms with Crippen molar-refractivity contribution in [2.24, 2.45) is 5.16 Å². The molecule has 24 heavy (non-hydrogen) atoms. The third-order valence-corrected chi connectivity index (χ3v) is 3.83. The Morgan fingerprint density at radius 2 is 1.88 bits per heavy atom. The maximum Gasteiger partial charge on any atom is 0.251 e. The Morgan fingerprint density at radius 1 is 1.21 bits per heavy atom. The van der Waals surface area contributed by atoms with Crippen LogP contribution in [-0.4, -0.2) is 36.7 Å². The largest absolute Gasteiger partial charge is 0.390 e. The van der Waals surface area contributed by atoms with Crippen LogP contribution in [0.1, 0.15) is 50.0 Å². The third kappa shape index (κ3) is 5.08. The lowest BCUT2D eigenvalue weighted by atomic mass is 9.87. The summed E-state index contributed by atoms with van der Waals surface area (Å²) in [4.78, 5) is 29.0. The molecule has 1 heterocycles. The first-order valence-electron chi connectivity index (χ1n) is 8.10. The van der Waals surface area contributed by atoms with Crippen molar-refractivity contribution >= 4 is 17.5 Å². The molecule has 0 saturated carbocycles. The van der Waals surface area contributed by atoms with Crippen LogP contribution in [0.2, 0.25) is 0 Å². The van der Waals surface area contributed by atoms with Crippen molar-refractivity contribution in [1.29, 1.82) is 0 Å². The molecule has 1 aromatic rings. The van der Waals surface area contributed by atoms with Gasteiger partial charge in [-0.05, 0) is 30.0 Å². The van der Waals surface area contributed by atoms with E-state index in [4.69, 9.17) is 4.84 Å². The Hall–Kier alpha value is -2.37. The molecule has 0 radical (unpaired) electrons. The van der Waals surface area contributed by atoms with Crippen molar-refractivity contribution < 1.29 is 14.4 Å². The molecule has 2 rings (SSSR count). The average Bonchev–Trinajstić information content (AvgIpc) is 2.95. The molecule has 2 N–H and O–H groups in total. The summed E-state index contributed by atoms with van der Waals surface area (Å²) in [5.41, 5.74) is 2.66. The summed E-state index contributed by atoms with van der Waals surface area (Å²) in [6.45, 7) is 8.56. The highest BCUT2D eigenvalue weighted by atomic mass is 16.6. The predicted molar refractivity (Wildman–Crippen MR) is 93.1 cm³/mol. The van der Waals surface area contributed by atoms with Gasteiger partial charge in [0.25, 0.3) is 5.91 Å². The van der Waals surface area contributed by atoms with Crippen molar-refractivity contribution in [3.63, 3.8) is 0 Å². The van der Waals surface area contributed by atoms with Gasteiger partial charge in [-0.1, -0.05) is 38.1 Å². The number of carbonyl (C=O) groups is 2. The minimum absolute atomic E-state index is 0.0409. The summed E-state index contributed by atoms with van der Waals surface area (Å²) in [5.74, 6) is -0.510. The van der Waals surface area contributed by atoms with Gasteiger partial charge in [0.1, 0.15) is 6.10 Å². The number of rotatable bonds is 5. The number of nitrogens with zero attached hydrogens (tertiary/aromatic N) is 1. The second kappa shape index (κ2) is 7.47. The van der Waals surface area contributed by atoms with Crippen LogP contribution < -0.4 is 10.6 Å². The number of hydrogen-bond donors (Lipinski definition) is 2. The molecule has 0 saturated heterocycles. The van der Waals surface area contributed by atoms with E-state index in [1.165, 1.54) is 0 Å². The topological polar surface area (TPSA) is 79.8 Å². The van der Waals surface area contributed by atoms with Gasteiger partial charge in [0, 0.05) is 12.0 Å². The van der Waals surface area contributed by atoms with Gasteiger partial charge in [-0.2, -0.15) is 0 Å². The number of benzene rings is 1. The summed E-state index contributed by atoms with van der Waals surface area (Å²) in [6.07, 6.45) is 0.599. The van der Waals surface area contributed by atoms with Crippen molar-refractivity contribution in [2.75, 3.05) is 13.1 Å². The predicted octanol–water partition coefficient (Wildman–Crippen LogP) is 1.99. The maximum absolute atomic E-state index is 12.1. The lowest BCUT2D eigenvalue weighted by Gasteiger charge is -2.19. The second-order valence-corrected chi connectivity index (χ2v) is 7.07. The van der Waals surface area contributed by atoms with Crippen molar-refractivity contribution in [3.05, 3.63) is 35.4 Å². The van der Waals surface area contributed by atoms with E-state index in [-0.39, 0.29) is 29.9 Å². The number of nitrogens with one attached hydrogen (secondary N) is 2. The summed E-state index contributed by atoms with van der Waals surface area (Å²) in [6, 6.07) is 7.43. The Bertz CT molecular complexity index is 630. The van der Waals surface area contributed by atoms with Gasteiger partial charge in [-0.3, -0.25) is 9.59 Å². The molecular formula is C18H25N3O3. The number of amides is 2. The van der Waals surface area contributed by atoms with Gasteiger partial charge >= 0.3 is 0 Å². The lowest BCUT2D eigenvalue weighted by molar-refractivity contribution is -0.120. The van der Waals surface area contributed by atoms with E-state index in [2.05, 4.69) is 36.6 Å². The zero-order valence-corrected chi connectivity index (χ0v) is 14.7. The quantitative estimate of drug-likeness (QED) is 0.866. The van der Waals surface area contributed by atoms with Gasteiger partial charge in [-0.25, -0.2) is 0 Å². The van der Waals surface area contributed by atoms with E-state index in [1.54, 1.807) is 12.1 Å². The van der Waals surface area contributed by atoms with Crippen molar-refractivity contribution in [2.45, 2.75) is 45.6 Å². The average molecular weight is 331 g/mol. The normalized spacial score (nSPS) is 17.0. The first kappa shape index (κ1) is 18.0. The van der Waals surface area contributed by atoms with Gasteiger partial charge in [0.2, 0.25) is 5.91 Å². The molecule has 130 valence electrons. The molecule has 0 aliphatic carbocycles. The Balaban J connectivity index is 1.75. The first-order valence-corrected chi connectivity index (χ1v) is 8.10. The standard InChI is InChI=1S/C18H25N3O3/c1-12-9-15(24-21-12)10-19-16(22)11-20-17(23)13-5-7-14(8-6-13)18(2,3)4/h5-8,15H,9-11H2,1-4H3,(H,19,22)(H,20,23)/t15-/m0/s1. The Kier molecular flexibility index (Phi) is 5.59. The van der Waals surface area contributed by atoms with Gasteiger partial charge < -0.3 is 15.5 Å². The van der Waals surface area contributed by atoms with Crippen LogP contribution in [0.3, 0.4) is 0 Å². The molecule has 1 aliphatic rings. The molecule has 1 aromatic carbocycles. The second-order valence-electron chi connectivity index (χ2n) is 7.07. The summed E-state index contributed by atoms with van der Waals surface area (Å²) in [7, 11) is 0. The van der Waals surface area contributed by atoms with Crippen LogP contribution in [-0.2, 0) is 15.0 Å². The molecule has 0 fully saturated rings. The van der Waals surface area contributed by atoms with Gasteiger partial charge in [0.15, 0.2) is 0 Å². The number of hydrogen-bond acceptors (Lipinski definition) is 4. The van der Waals surface area contributed by atoms with E-state index >= 15 is 0 Å². The maximum atomic E-state index is 12.1. The molecule has 6 nitrogen and oxygen atoms in total. The monoisotopic (exact) mass is 331 g/mol. The lowest BCUT2D eigenvalue weighted by Crippen LogP contribution is -2.40. The highest BCUT2D eigenvalue weighted by molar-refractivity contribution is 5.96. The highest BCUT2D eigenvalue weighted by Gasteiger charge is 2.19. The van der Waals surface area contributed by atoms with E-state index in [1.807, 2.05) is 19.1 Å². The fraction of sp³-hybridized carbons (Fsp3) is 0.500. The third-order valence-electron chi connectivity index (χ3n) is 3.83. The van der Waals surface area contributed by atoms with E-state index in [9.17, 15) is 9.59 Å². The molecule has 0 spiro atoms. The first-order chi connectivity index (χ1) is 11.3. The fourth-order valence-corrected chi connectivity index (χ4v) is 2.35. The van der Waals surface area contributed by atoms with E-state index < -0.39 is 0 Å². The van der Waals surface area contributed by atoms with E-state index in [0.717, 1.165) is 11.3 Å².